The van der Waals surface area contributed by atoms with Crippen LogP contribution >= 0.6 is 11.8 Å². The van der Waals surface area contributed by atoms with E-state index >= 15 is 0 Å². The Kier molecular flexibility index (Phi) is 4.11. The molecule has 2 N–H and O–H groups in total. The Hall–Kier alpha value is -1.40. The lowest BCUT2D eigenvalue weighted by molar-refractivity contribution is 0.619. The van der Waals surface area contributed by atoms with Crippen LogP contribution in [0.5, 0.6) is 0 Å². The molecule has 0 radical (unpaired) electrons. The van der Waals surface area contributed by atoms with E-state index in [1.54, 1.807) is 12.1 Å². The largest absolute Gasteiger partial charge is 0.313 e. The Balaban J connectivity index is 2.19. The predicted octanol–water partition coefficient (Wildman–Crippen LogP) is 2.20. The third-order valence-corrected chi connectivity index (χ3v) is 3.20. The Morgan fingerprint density at radius 2 is 2.35 bits per heavy atom. The number of rotatable bonds is 5. The number of benzene rings is 1. The molecule has 1 heterocycles. The number of nitrogens with zero attached hydrogens (tertiary/aromatic N) is 2. The van der Waals surface area contributed by atoms with Crippen molar-refractivity contribution in [2.75, 3.05) is 6.54 Å². The van der Waals surface area contributed by atoms with Crippen LogP contribution in [0.4, 0.5) is 4.39 Å². The van der Waals surface area contributed by atoms with Crippen molar-refractivity contribution in [3.05, 3.63) is 35.9 Å². The number of halogens is 1. The topological polar surface area (TPSA) is 53.6 Å². The molecule has 0 fully saturated rings. The quantitative estimate of drug-likeness (QED) is 0.856. The zero-order valence-electron chi connectivity index (χ0n) is 9.40. The molecule has 0 saturated heterocycles. The van der Waals surface area contributed by atoms with Gasteiger partial charge in [0.05, 0.1) is 0 Å². The Morgan fingerprint density at radius 3 is 3.06 bits per heavy atom. The van der Waals surface area contributed by atoms with Crippen molar-refractivity contribution in [1.29, 1.82) is 0 Å². The van der Waals surface area contributed by atoms with Crippen LogP contribution in [0.3, 0.4) is 0 Å². The fourth-order valence-corrected chi connectivity index (χ4v) is 2.20. The maximum Gasteiger partial charge on any atom is 0.188 e. The van der Waals surface area contributed by atoms with Crippen molar-refractivity contribution in [2.24, 2.45) is 0 Å². The highest BCUT2D eigenvalue weighted by Crippen LogP contribution is 2.28. The first-order chi connectivity index (χ1) is 8.29. The monoisotopic (exact) mass is 252 g/mol. The molecule has 1 aromatic heterocycles. The van der Waals surface area contributed by atoms with Gasteiger partial charge in [0.25, 0.3) is 0 Å². The van der Waals surface area contributed by atoms with Gasteiger partial charge in [-0.05, 0) is 30.3 Å². The molecule has 0 bridgehead atoms. The molecule has 0 atom stereocenters. The second kappa shape index (κ2) is 5.79. The highest BCUT2D eigenvalue weighted by atomic mass is 32.2. The van der Waals surface area contributed by atoms with Crippen LogP contribution in [-0.4, -0.2) is 21.7 Å². The van der Waals surface area contributed by atoms with Gasteiger partial charge in [0.2, 0.25) is 0 Å². The molecular formula is C11H13FN4S. The zero-order valence-corrected chi connectivity index (χ0v) is 10.2. The average Bonchev–Trinajstić information content (AvgIpc) is 2.82. The first-order valence-corrected chi connectivity index (χ1v) is 6.13. The van der Waals surface area contributed by atoms with E-state index in [2.05, 4.69) is 20.5 Å². The standard InChI is InChI=1S/C11H13FN4S/c1-2-13-6-8-5-9(12)3-4-10(8)17-11-14-7-15-16-11/h3-5,7,13H,2,6H2,1H3,(H,14,15,16). The first-order valence-electron chi connectivity index (χ1n) is 5.32. The lowest BCUT2D eigenvalue weighted by Crippen LogP contribution is -2.12. The summed E-state index contributed by atoms with van der Waals surface area (Å²) in [6.07, 6.45) is 1.45. The minimum Gasteiger partial charge on any atom is -0.313 e. The van der Waals surface area contributed by atoms with Gasteiger partial charge in [-0.15, -0.1) is 0 Å². The third kappa shape index (κ3) is 3.28. The highest BCUT2D eigenvalue weighted by Gasteiger charge is 2.07. The Labute approximate surface area is 103 Å². The van der Waals surface area contributed by atoms with Crippen molar-refractivity contribution in [3.63, 3.8) is 0 Å². The summed E-state index contributed by atoms with van der Waals surface area (Å²) in [7, 11) is 0. The van der Waals surface area contributed by atoms with Gasteiger partial charge in [0, 0.05) is 11.4 Å². The second-order valence-electron chi connectivity index (χ2n) is 3.43. The van der Waals surface area contributed by atoms with E-state index in [0.717, 1.165) is 17.0 Å². The Morgan fingerprint density at radius 1 is 1.47 bits per heavy atom. The van der Waals surface area contributed by atoms with E-state index < -0.39 is 0 Å². The van der Waals surface area contributed by atoms with Gasteiger partial charge in [-0.25, -0.2) is 9.37 Å². The number of hydrogen-bond donors (Lipinski definition) is 2. The number of aromatic nitrogens is 3. The fourth-order valence-electron chi connectivity index (χ4n) is 1.39. The molecule has 0 aliphatic carbocycles. The summed E-state index contributed by atoms with van der Waals surface area (Å²) in [5.41, 5.74) is 0.924. The third-order valence-electron chi connectivity index (χ3n) is 2.19. The molecule has 0 amide bonds. The molecule has 2 aromatic rings. The van der Waals surface area contributed by atoms with Crippen LogP contribution < -0.4 is 5.32 Å². The minimum atomic E-state index is -0.222. The smallest absolute Gasteiger partial charge is 0.188 e. The van der Waals surface area contributed by atoms with E-state index in [9.17, 15) is 4.39 Å². The zero-order chi connectivity index (χ0) is 12.1. The summed E-state index contributed by atoms with van der Waals surface area (Å²) < 4.78 is 13.2. The van der Waals surface area contributed by atoms with E-state index in [1.807, 2.05) is 6.92 Å². The highest BCUT2D eigenvalue weighted by molar-refractivity contribution is 7.99. The molecule has 0 aliphatic heterocycles. The maximum atomic E-state index is 13.2. The lowest BCUT2D eigenvalue weighted by Gasteiger charge is -2.08. The van der Waals surface area contributed by atoms with E-state index in [1.165, 1.54) is 24.2 Å². The molecule has 0 saturated carbocycles. The lowest BCUT2D eigenvalue weighted by atomic mass is 10.2. The summed E-state index contributed by atoms with van der Waals surface area (Å²) in [5, 5.41) is 10.4. The van der Waals surface area contributed by atoms with Crippen LogP contribution in [0.25, 0.3) is 0 Å². The van der Waals surface area contributed by atoms with Crippen molar-refractivity contribution in [2.45, 2.75) is 23.5 Å². The second-order valence-corrected chi connectivity index (χ2v) is 4.46. The van der Waals surface area contributed by atoms with Crippen molar-refractivity contribution in [3.8, 4) is 0 Å². The van der Waals surface area contributed by atoms with Crippen molar-refractivity contribution < 1.29 is 4.39 Å². The number of aromatic amines is 1. The fraction of sp³-hybridized carbons (Fsp3) is 0.273. The molecule has 0 unspecified atom stereocenters. The molecule has 0 spiro atoms. The first kappa shape index (κ1) is 12.1. The van der Waals surface area contributed by atoms with Gasteiger partial charge in [0.15, 0.2) is 5.16 Å². The van der Waals surface area contributed by atoms with Gasteiger partial charge in [-0.3, -0.25) is 5.10 Å². The van der Waals surface area contributed by atoms with E-state index in [-0.39, 0.29) is 5.82 Å². The maximum absolute atomic E-state index is 13.2. The molecule has 4 nitrogen and oxygen atoms in total. The van der Waals surface area contributed by atoms with Crippen LogP contribution in [0.1, 0.15) is 12.5 Å². The molecule has 0 aliphatic rings. The summed E-state index contributed by atoms with van der Waals surface area (Å²) in [4.78, 5) is 5.01. The van der Waals surface area contributed by atoms with Gasteiger partial charge in [0.1, 0.15) is 12.1 Å². The van der Waals surface area contributed by atoms with Crippen molar-refractivity contribution >= 4 is 11.8 Å². The van der Waals surface area contributed by atoms with E-state index in [0.29, 0.717) is 11.7 Å². The van der Waals surface area contributed by atoms with Crippen LogP contribution in [0.15, 0.2) is 34.6 Å². The number of H-pyrrole nitrogens is 1. The van der Waals surface area contributed by atoms with E-state index in [4.69, 9.17) is 0 Å². The summed E-state index contributed by atoms with van der Waals surface area (Å²) in [5.74, 6) is -0.222. The number of nitrogens with one attached hydrogen (secondary N) is 2. The minimum absolute atomic E-state index is 0.222. The van der Waals surface area contributed by atoms with Crippen LogP contribution in [0.2, 0.25) is 0 Å². The average molecular weight is 252 g/mol. The van der Waals surface area contributed by atoms with Gasteiger partial charge >= 0.3 is 0 Å². The summed E-state index contributed by atoms with van der Waals surface area (Å²) >= 11 is 1.44. The Bertz CT molecular complexity index is 472. The van der Waals surface area contributed by atoms with Gasteiger partial charge in [-0.2, -0.15) is 5.10 Å². The summed E-state index contributed by atoms with van der Waals surface area (Å²) in [6, 6.07) is 4.75. The summed E-state index contributed by atoms with van der Waals surface area (Å²) in [6.45, 7) is 3.51. The van der Waals surface area contributed by atoms with Crippen molar-refractivity contribution in [1.82, 2.24) is 20.5 Å². The predicted molar refractivity (Wildman–Crippen MR) is 64.3 cm³/mol. The molecule has 6 heteroatoms. The SMILES string of the molecule is CCNCc1cc(F)ccc1Sc1ncn[nH]1. The van der Waals surface area contributed by atoms with Crippen LogP contribution in [-0.2, 0) is 6.54 Å². The normalized spacial score (nSPS) is 10.7. The number of hydrogen-bond acceptors (Lipinski definition) is 4. The molecule has 17 heavy (non-hydrogen) atoms. The molecule has 2 rings (SSSR count). The van der Waals surface area contributed by atoms with Gasteiger partial charge < -0.3 is 5.32 Å². The van der Waals surface area contributed by atoms with Gasteiger partial charge in [-0.1, -0.05) is 18.7 Å². The molecule has 90 valence electrons. The molecule has 1 aromatic carbocycles. The van der Waals surface area contributed by atoms with Crippen LogP contribution in [0, 0.1) is 5.82 Å². The molecular weight excluding hydrogens is 239 g/mol.